The first-order valence-electron chi connectivity index (χ1n) is 6.82. The lowest BCUT2D eigenvalue weighted by molar-refractivity contribution is -0.126. The minimum Gasteiger partial charge on any atom is -0.367 e. The Morgan fingerprint density at radius 3 is 3.00 bits per heavy atom. The minimum atomic E-state index is -0.0595. The van der Waals surface area contributed by atoms with Gasteiger partial charge >= 0.3 is 0 Å². The summed E-state index contributed by atoms with van der Waals surface area (Å²) in [7, 11) is 2.00. The second-order valence-electron chi connectivity index (χ2n) is 5.90. The molecule has 5 heteroatoms. The van der Waals surface area contributed by atoms with Crippen molar-refractivity contribution in [3.05, 3.63) is 24.0 Å². The van der Waals surface area contributed by atoms with Crippen molar-refractivity contribution in [2.75, 3.05) is 33.2 Å². The first-order chi connectivity index (χ1) is 9.00. The van der Waals surface area contributed by atoms with Gasteiger partial charge in [-0.2, -0.15) is 0 Å². The Balaban J connectivity index is 1.89. The molecule has 1 amide bonds. The molecule has 0 aromatic carbocycles. The van der Waals surface area contributed by atoms with Crippen LogP contribution < -0.4 is 10.6 Å². The number of likely N-dealkylation sites (N-methyl/N-ethyl adjacent to an activating group) is 1. The molecule has 1 aliphatic heterocycles. The normalized spacial score (nSPS) is 21.3. The quantitative estimate of drug-likeness (QED) is 0.733. The summed E-state index contributed by atoms with van der Waals surface area (Å²) in [5, 5.41) is 6.34. The lowest BCUT2D eigenvalue weighted by Crippen LogP contribution is -2.57. The predicted molar refractivity (Wildman–Crippen MR) is 76.1 cm³/mol. The van der Waals surface area contributed by atoms with E-state index in [0.29, 0.717) is 6.54 Å². The van der Waals surface area contributed by atoms with E-state index in [1.165, 1.54) is 5.56 Å². The van der Waals surface area contributed by atoms with E-state index in [-0.39, 0.29) is 17.4 Å². The average Bonchev–Trinajstić information content (AvgIpc) is 2.91. The number of piperazine rings is 1. The number of hydrogen-bond acceptors (Lipinski definition) is 3. The number of amides is 1. The van der Waals surface area contributed by atoms with Crippen LogP contribution in [-0.4, -0.2) is 55.1 Å². The second kappa shape index (κ2) is 5.75. The molecule has 0 saturated carbocycles. The molecule has 5 nitrogen and oxygen atoms in total. The summed E-state index contributed by atoms with van der Waals surface area (Å²) < 4.78 is 0. The van der Waals surface area contributed by atoms with Crippen molar-refractivity contribution < 1.29 is 4.79 Å². The molecule has 1 aliphatic rings. The van der Waals surface area contributed by atoms with Crippen LogP contribution in [0.1, 0.15) is 19.4 Å². The third kappa shape index (κ3) is 3.36. The Hall–Kier alpha value is -1.33. The number of carbonyl (C=O) groups excluding carboxylic acids is 1. The number of carbonyl (C=O) groups is 1. The van der Waals surface area contributed by atoms with Crippen LogP contribution in [0.3, 0.4) is 0 Å². The third-order valence-corrected chi connectivity index (χ3v) is 3.90. The van der Waals surface area contributed by atoms with Crippen LogP contribution in [-0.2, 0) is 10.2 Å². The van der Waals surface area contributed by atoms with Crippen LogP contribution in [0.5, 0.6) is 0 Å². The molecule has 0 spiro atoms. The van der Waals surface area contributed by atoms with E-state index in [0.717, 1.165) is 19.6 Å². The Labute approximate surface area is 114 Å². The van der Waals surface area contributed by atoms with Crippen molar-refractivity contribution in [2.24, 2.45) is 0 Å². The summed E-state index contributed by atoms with van der Waals surface area (Å²) in [6, 6.07) is 2.00. The maximum absolute atomic E-state index is 12.2. The number of aromatic amines is 1. The molecule has 2 rings (SSSR count). The van der Waals surface area contributed by atoms with Gasteiger partial charge in [0.2, 0.25) is 5.91 Å². The van der Waals surface area contributed by atoms with Gasteiger partial charge in [-0.1, -0.05) is 13.8 Å². The smallest absolute Gasteiger partial charge is 0.238 e. The molecule has 1 aromatic heterocycles. The zero-order chi connectivity index (χ0) is 13.9. The molecule has 1 fully saturated rings. The number of nitrogens with zero attached hydrogens (tertiary/aromatic N) is 1. The average molecular weight is 264 g/mol. The number of nitrogens with one attached hydrogen (secondary N) is 3. The van der Waals surface area contributed by atoms with Gasteiger partial charge in [0.25, 0.3) is 0 Å². The fraction of sp³-hybridized carbons (Fsp3) is 0.643. The highest BCUT2D eigenvalue weighted by Gasteiger charge is 2.28. The first-order valence-corrected chi connectivity index (χ1v) is 6.82. The summed E-state index contributed by atoms with van der Waals surface area (Å²) in [4.78, 5) is 17.4. The molecule has 2 heterocycles. The van der Waals surface area contributed by atoms with Crippen molar-refractivity contribution in [1.29, 1.82) is 0 Å². The largest absolute Gasteiger partial charge is 0.367 e. The van der Waals surface area contributed by atoms with Gasteiger partial charge in [0.1, 0.15) is 6.04 Å². The Bertz CT molecular complexity index is 413. The van der Waals surface area contributed by atoms with Crippen LogP contribution in [0.4, 0.5) is 0 Å². The van der Waals surface area contributed by atoms with E-state index in [9.17, 15) is 4.79 Å². The molecule has 0 bridgehead atoms. The summed E-state index contributed by atoms with van der Waals surface area (Å²) in [6.45, 7) is 7.52. The van der Waals surface area contributed by atoms with E-state index in [2.05, 4.69) is 40.4 Å². The van der Waals surface area contributed by atoms with Crippen molar-refractivity contribution in [3.63, 3.8) is 0 Å². The molecule has 1 atom stereocenters. The molecule has 106 valence electrons. The molecule has 3 N–H and O–H groups in total. The van der Waals surface area contributed by atoms with Crippen LogP contribution in [0.2, 0.25) is 0 Å². The Kier molecular flexibility index (Phi) is 4.27. The zero-order valence-corrected chi connectivity index (χ0v) is 12.0. The van der Waals surface area contributed by atoms with Crippen molar-refractivity contribution in [1.82, 2.24) is 20.5 Å². The van der Waals surface area contributed by atoms with E-state index < -0.39 is 0 Å². The molecule has 0 aliphatic carbocycles. The summed E-state index contributed by atoms with van der Waals surface area (Å²) >= 11 is 0. The molecular formula is C14H24N4O. The Morgan fingerprint density at radius 1 is 1.58 bits per heavy atom. The predicted octanol–water partition coefficient (Wildman–Crippen LogP) is 0.312. The van der Waals surface area contributed by atoms with Crippen LogP contribution in [0.15, 0.2) is 18.5 Å². The highest BCUT2D eigenvalue weighted by molar-refractivity contribution is 5.82. The fourth-order valence-electron chi connectivity index (χ4n) is 2.37. The maximum Gasteiger partial charge on any atom is 0.238 e. The van der Waals surface area contributed by atoms with Crippen LogP contribution in [0, 0.1) is 0 Å². The van der Waals surface area contributed by atoms with E-state index in [1.54, 1.807) is 0 Å². The number of rotatable bonds is 4. The summed E-state index contributed by atoms with van der Waals surface area (Å²) in [6.07, 6.45) is 3.90. The van der Waals surface area contributed by atoms with E-state index in [1.807, 2.05) is 19.4 Å². The molecule has 0 radical (unpaired) electrons. The van der Waals surface area contributed by atoms with Crippen LogP contribution >= 0.6 is 0 Å². The standard InChI is InChI=1S/C14H24N4O/c1-14(2,11-4-5-15-8-11)10-17-13(19)12-9-16-6-7-18(12)3/h4-5,8,12,15-16H,6-7,9-10H2,1-3H3,(H,17,19). The van der Waals surface area contributed by atoms with Gasteiger partial charge in [-0.05, 0) is 18.7 Å². The van der Waals surface area contributed by atoms with Gasteiger partial charge in [-0.3, -0.25) is 9.69 Å². The van der Waals surface area contributed by atoms with Gasteiger partial charge in [-0.15, -0.1) is 0 Å². The van der Waals surface area contributed by atoms with Crippen LogP contribution in [0.25, 0.3) is 0 Å². The maximum atomic E-state index is 12.2. The highest BCUT2D eigenvalue weighted by Crippen LogP contribution is 2.21. The fourth-order valence-corrected chi connectivity index (χ4v) is 2.37. The summed E-state index contributed by atoms with van der Waals surface area (Å²) in [5.41, 5.74) is 1.15. The monoisotopic (exact) mass is 264 g/mol. The number of aromatic nitrogens is 1. The molecule has 1 saturated heterocycles. The SMILES string of the molecule is CN1CCNCC1C(=O)NCC(C)(C)c1cc[nH]c1. The number of hydrogen-bond donors (Lipinski definition) is 3. The van der Waals surface area contributed by atoms with Gasteiger partial charge in [0.15, 0.2) is 0 Å². The molecule has 19 heavy (non-hydrogen) atoms. The third-order valence-electron chi connectivity index (χ3n) is 3.90. The van der Waals surface area contributed by atoms with E-state index >= 15 is 0 Å². The van der Waals surface area contributed by atoms with Gasteiger partial charge in [-0.25, -0.2) is 0 Å². The molecular weight excluding hydrogens is 240 g/mol. The topological polar surface area (TPSA) is 60.2 Å². The zero-order valence-electron chi connectivity index (χ0n) is 12.0. The van der Waals surface area contributed by atoms with Crippen molar-refractivity contribution in [2.45, 2.75) is 25.3 Å². The summed E-state index contributed by atoms with van der Waals surface area (Å²) in [5.74, 6) is 0.110. The highest BCUT2D eigenvalue weighted by atomic mass is 16.2. The van der Waals surface area contributed by atoms with E-state index in [4.69, 9.17) is 0 Å². The minimum absolute atomic E-state index is 0.0592. The number of H-pyrrole nitrogens is 1. The first kappa shape index (κ1) is 14.1. The van der Waals surface area contributed by atoms with Gasteiger partial charge < -0.3 is 15.6 Å². The van der Waals surface area contributed by atoms with Gasteiger partial charge in [0, 0.05) is 44.0 Å². The second-order valence-corrected chi connectivity index (χ2v) is 5.90. The lowest BCUT2D eigenvalue weighted by Gasteiger charge is -2.33. The molecule has 1 aromatic rings. The van der Waals surface area contributed by atoms with Crippen molar-refractivity contribution in [3.8, 4) is 0 Å². The van der Waals surface area contributed by atoms with Crippen molar-refractivity contribution >= 4 is 5.91 Å². The Morgan fingerprint density at radius 2 is 2.37 bits per heavy atom. The van der Waals surface area contributed by atoms with Gasteiger partial charge in [0.05, 0.1) is 0 Å². The molecule has 1 unspecified atom stereocenters. The lowest BCUT2D eigenvalue weighted by atomic mass is 9.86.